The van der Waals surface area contributed by atoms with E-state index < -0.39 is 18.0 Å². The summed E-state index contributed by atoms with van der Waals surface area (Å²) >= 11 is 1.20. The molecule has 0 aromatic carbocycles. The Bertz CT molecular complexity index is 985. The molecule has 0 atom stereocenters. The van der Waals surface area contributed by atoms with E-state index in [0.29, 0.717) is 18.0 Å². The Morgan fingerprint density at radius 2 is 1.97 bits per heavy atom. The lowest BCUT2D eigenvalue weighted by Crippen LogP contribution is -2.36. The first-order valence-electron chi connectivity index (χ1n) is 9.34. The lowest BCUT2D eigenvalue weighted by Gasteiger charge is -2.26. The first-order chi connectivity index (χ1) is 14.9. The van der Waals surface area contributed by atoms with Crippen LogP contribution in [0.4, 0.5) is 9.80 Å². The van der Waals surface area contributed by atoms with E-state index in [9.17, 15) is 14.4 Å². The molecule has 0 aliphatic carbocycles. The normalized spacial score (nSPS) is 12.6. The lowest BCUT2D eigenvalue weighted by molar-refractivity contribution is 0.0600. The van der Waals surface area contributed by atoms with Gasteiger partial charge < -0.3 is 29.2 Å². The monoisotopic (exact) mass is 450 g/mol. The first kappa shape index (κ1) is 22.3. The lowest BCUT2D eigenvalue weighted by atomic mass is 10.0. The summed E-state index contributed by atoms with van der Waals surface area (Å²) in [5.41, 5.74) is 1.01. The summed E-state index contributed by atoms with van der Waals surface area (Å²) in [4.78, 5) is 47.7. The molecule has 1 aliphatic heterocycles. The van der Waals surface area contributed by atoms with Crippen LogP contribution in [0.3, 0.4) is 0 Å². The van der Waals surface area contributed by atoms with Crippen LogP contribution >= 0.6 is 11.3 Å². The highest BCUT2D eigenvalue weighted by atomic mass is 32.1. The molecule has 0 fully saturated rings. The van der Waals surface area contributed by atoms with Crippen molar-refractivity contribution in [1.29, 1.82) is 0 Å². The average Bonchev–Trinajstić information content (AvgIpc) is 3.15. The van der Waals surface area contributed by atoms with E-state index in [1.54, 1.807) is 11.8 Å². The number of carbonyl (C=O) groups excluding carboxylic acids is 3. The molecule has 0 unspecified atom stereocenters. The molecule has 0 bridgehead atoms. The van der Waals surface area contributed by atoms with E-state index in [4.69, 9.17) is 18.9 Å². The third-order valence-electron chi connectivity index (χ3n) is 4.51. The van der Waals surface area contributed by atoms with Gasteiger partial charge in [-0.15, -0.1) is 11.3 Å². The summed E-state index contributed by atoms with van der Waals surface area (Å²) in [6.45, 7) is 2.67. The van der Waals surface area contributed by atoms with Gasteiger partial charge in [0, 0.05) is 17.5 Å². The number of nitrogens with one attached hydrogen (secondary N) is 1. The Labute approximate surface area is 182 Å². The highest BCUT2D eigenvalue weighted by molar-refractivity contribution is 7.17. The number of nitrogens with zero attached hydrogens (tertiary/aromatic N) is 3. The van der Waals surface area contributed by atoms with Crippen LogP contribution in [-0.2, 0) is 22.4 Å². The summed E-state index contributed by atoms with van der Waals surface area (Å²) in [6, 6.07) is 1.32. The van der Waals surface area contributed by atoms with Crippen LogP contribution in [0.1, 0.15) is 38.2 Å². The van der Waals surface area contributed by atoms with Crippen LogP contribution in [0, 0.1) is 0 Å². The molecule has 0 radical (unpaired) electrons. The molecule has 0 saturated heterocycles. The maximum absolute atomic E-state index is 12.8. The van der Waals surface area contributed by atoms with Gasteiger partial charge in [-0.2, -0.15) is 9.97 Å². The van der Waals surface area contributed by atoms with Gasteiger partial charge in [0.15, 0.2) is 0 Å². The fourth-order valence-corrected chi connectivity index (χ4v) is 4.31. The number of esters is 1. The second kappa shape index (κ2) is 9.60. The van der Waals surface area contributed by atoms with Crippen LogP contribution in [0.25, 0.3) is 0 Å². The Hall–Kier alpha value is -3.41. The van der Waals surface area contributed by atoms with E-state index >= 15 is 0 Å². The quantitative estimate of drug-likeness (QED) is 0.658. The Balaban J connectivity index is 1.92. The number of ether oxygens (including phenoxy) is 4. The van der Waals surface area contributed by atoms with Gasteiger partial charge in [-0.25, -0.2) is 9.59 Å². The fraction of sp³-hybridized carbons (Fsp3) is 0.421. The molecule has 1 aliphatic rings. The molecule has 0 saturated carbocycles. The van der Waals surface area contributed by atoms with Gasteiger partial charge in [0.1, 0.15) is 10.7 Å². The average molecular weight is 450 g/mol. The number of thiophene rings is 1. The number of carbonyl (C=O) groups is 3. The van der Waals surface area contributed by atoms with E-state index in [1.807, 2.05) is 0 Å². The summed E-state index contributed by atoms with van der Waals surface area (Å²) < 4.78 is 20.0. The van der Waals surface area contributed by atoms with E-state index in [0.717, 1.165) is 10.4 Å². The highest BCUT2D eigenvalue weighted by Gasteiger charge is 2.31. The number of aromatic nitrogens is 2. The van der Waals surface area contributed by atoms with Gasteiger partial charge in [-0.1, -0.05) is 0 Å². The van der Waals surface area contributed by atoms with Crippen LogP contribution in [0.15, 0.2) is 6.07 Å². The number of methoxy groups -OCH3 is 3. The number of hydrogen-bond acceptors (Lipinski definition) is 10. The zero-order chi connectivity index (χ0) is 22.5. The number of anilines is 1. The summed E-state index contributed by atoms with van der Waals surface area (Å²) in [6.07, 6.45) is 0.00652. The van der Waals surface area contributed by atoms with Crippen molar-refractivity contribution in [2.75, 3.05) is 39.8 Å². The molecule has 3 heterocycles. The highest BCUT2D eigenvalue weighted by Crippen LogP contribution is 2.38. The van der Waals surface area contributed by atoms with Crippen molar-refractivity contribution in [3.05, 3.63) is 27.8 Å². The molecular weight excluding hydrogens is 428 g/mol. The third kappa shape index (κ3) is 4.68. The number of fused-ring (bicyclic) bond motifs is 1. The molecule has 2 aromatic rings. The molecule has 0 spiro atoms. The summed E-state index contributed by atoms with van der Waals surface area (Å²) in [7, 11) is 4.04. The molecule has 2 aromatic heterocycles. The van der Waals surface area contributed by atoms with E-state index in [-0.39, 0.29) is 36.3 Å². The van der Waals surface area contributed by atoms with Crippen molar-refractivity contribution < 1.29 is 33.3 Å². The minimum absolute atomic E-state index is 0.000891. The number of rotatable bonds is 6. The van der Waals surface area contributed by atoms with Crippen LogP contribution in [0.5, 0.6) is 11.9 Å². The van der Waals surface area contributed by atoms with Gasteiger partial charge in [0.2, 0.25) is 5.88 Å². The molecular formula is C19H22N4O7S. The summed E-state index contributed by atoms with van der Waals surface area (Å²) in [5, 5.41) is 3.02. The predicted octanol–water partition coefficient (Wildman–Crippen LogP) is 2.11. The van der Waals surface area contributed by atoms with Crippen molar-refractivity contribution in [2.45, 2.75) is 19.9 Å². The minimum atomic E-state index is -0.579. The van der Waals surface area contributed by atoms with Crippen molar-refractivity contribution in [3.63, 3.8) is 0 Å². The molecule has 166 valence electrons. The van der Waals surface area contributed by atoms with E-state index in [2.05, 4.69) is 15.3 Å². The molecule has 2 amide bonds. The van der Waals surface area contributed by atoms with Crippen molar-refractivity contribution in [2.24, 2.45) is 0 Å². The van der Waals surface area contributed by atoms with Crippen molar-refractivity contribution >= 4 is 34.3 Å². The van der Waals surface area contributed by atoms with E-state index in [1.165, 1.54) is 38.7 Å². The van der Waals surface area contributed by atoms with Crippen LogP contribution < -0.4 is 14.8 Å². The first-order valence-corrected chi connectivity index (χ1v) is 10.2. The SMILES string of the molecule is CCOC(=O)N1CCc2c(sc(NC(=O)c3cc(OC)nc(OC)n3)c2C(=O)OC)C1. The van der Waals surface area contributed by atoms with Gasteiger partial charge in [0.05, 0.1) is 40.0 Å². The maximum Gasteiger partial charge on any atom is 0.410 e. The molecule has 11 nitrogen and oxygen atoms in total. The van der Waals surface area contributed by atoms with Crippen LogP contribution in [0.2, 0.25) is 0 Å². The smallest absolute Gasteiger partial charge is 0.410 e. The van der Waals surface area contributed by atoms with Crippen molar-refractivity contribution in [3.8, 4) is 11.9 Å². The number of hydrogen-bond donors (Lipinski definition) is 1. The van der Waals surface area contributed by atoms with Gasteiger partial charge >= 0.3 is 18.1 Å². The standard InChI is InChI=1S/C19H22N4O7S/c1-5-30-19(26)23-7-6-10-12(9-23)31-16(14(10)17(25)28-3)22-15(24)11-8-13(27-2)21-18(20-11)29-4/h8H,5-7,9H2,1-4H3,(H,22,24). The van der Waals surface area contributed by atoms with Gasteiger partial charge in [0.25, 0.3) is 5.91 Å². The Morgan fingerprint density at radius 3 is 2.61 bits per heavy atom. The molecule has 1 N–H and O–H groups in total. The van der Waals surface area contributed by atoms with Gasteiger partial charge in [-0.3, -0.25) is 4.79 Å². The Kier molecular flexibility index (Phi) is 6.90. The van der Waals surface area contributed by atoms with Crippen LogP contribution in [-0.4, -0.2) is 67.3 Å². The predicted molar refractivity (Wildman–Crippen MR) is 110 cm³/mol. The second-order valence-corrected chi connectivity index (χ2v) is 7.41. The number of amides is 2. The maximum atomic E-state index is 12.8. The second-order valence-electron chi connectivity index (χ2n) is 6.31. The zero-order valence-electron chi connectivity index (χ0n) is 17.5. The Morgan fingerprint density at radius 1 is 1.19 bits per heavy atom. The summed E-state index contributed by atoms with van der Waals surface area (Å²) in [5.74, 6) is -0.999. The molecule has 31 heavy (non-hydrogen) atoms. The topological polar surface area (TPSA) is 129 Å². The molecule has 12 heteroatoms. The largest absolute Gasteiger partial charge is 0.481 e. The zero-order valence-corrected chi connectivity index (χ0v) is 18.3. The molecule has 3 rings (SSSR count). The minimum Gasteiger partial charge on any atom is -0.481 e. The van der Waals surface area contributed by atoms with Gasteiger partial charge in [-0.05, 0) is 18.9 Å². The van der Waals surface area contributed by atoms with Crippen molar-refractivity contribution in [1.82, 2.24) is 14.9 Å². The fourth-order valence-electron chi connectivity index (χ4n) is 3.06. The third-order valence-corrected chi connectivity index (χ3v) is 5.64.